The van der Waals surface area contributed by atoms with Crippen molar-refractivity contribution in [3.05, 3.63) is 64.9 Å². The third-order valence-electron chi connectivity index (χ3n) is 3.19. The van der Waals surface area contributed by atoms with Crippen molar-refractivity contribution in [3.63, 3.8) is 0 Å². The van der Waals surface area contributed by atoms with Gasteiger partial charge in [0.25, 0.3) is 0 Å². The second-order valence-corrected chi connectivity index (χ2v) is 5.75. The number of rotatable bonds is 5. The standard InChI is InChI=1S/C17H19ClFN/c1-12(2)11-16(13-7-4-3-5-8-13)20-15-10-6-9-14(18)17(15)19/h3-10,12,16,20H,11H2,1-2H3. The van der Waals surface area contributed by atoms with Crippen LogP contribution in [0.15, 0.2) is 48.5 Å². The highest BCUT2D eigenvalue weighted by Crippen LogP contribution is 2.29. The third-order valence-corrected chi connectivity index (χ3v) is 3.48. The Labute approximate surface area is 124 Å². The largest absolute Gasteiger partial charge is 0.376 e. The van der Waals surface area contributed by atoms with Crippen molar-refractivity contribution in [1.29, 1.82) is 0 Å². The minimum atomic E-state index is -0.390. The monoisotopic (exact) mass is 291 g/mol. The van der Waals surface area contributed by atoms with Crippen LogP contribution in [0.5, 0.6) is 0 Å². The first-order chi connectivity index (χ1) is 9.58. The first-order valence-electron chi connectivity index (χ1n) is 6.83. The quantitative estimate of drug-likeness (QED) is 0.747. The average Bonchev–Trinajstić information content (AvgIpc) is 2.43. The fraction of sp³-hybridized carbons (Fsp3) is 0.294. The molecule has 2 rings (SSSR count). The molecule has 0 aromatic heterocycles. The molecule has 20 heavy (non-hydrogen) atoms. The van der Waals surface area contributed by atoms with Crippen molar-refractivity contribution in [3.8, 4) is 0 Å². The van der Waals surface area contributed by atoms with Gasteiger partial charge in [-0.3, -0.25) is 0 Å². The molecule has 0 spiro atoms. The number of nitrogens with one attached hydrogen (secondary N) is 1. The van der Waals surface area contributed by atoms with Gasteiger partial charge in [0, 0.05) is 0 Å². The highest BCUT2D eigenvalue weighted by Gasteiger charge is 2.15. The first kappa shape index (κ1) is 14.9. The Bertz CT molecular complexity index is 554. The summed E-state index contributed by atoms with van der Waals surface area (Å²) in [5.41, 5.74) is 1.60. The Morgan fingerprint density at radius 2 is 1.75 bits per heavy atom. The van der Waals surface area contributed by atoms with Crippen molar-refractivity contribution < 1.29 is 4.39 Å². The smallest absolute Gasteiger partial charge is 0.164 e. The van der Waals surface area contributed by atoms with E-state index in [2.05, 4.69) is 31.3 Å². The molecule has 2 aromatic carbocycles. The van der Waals surface area contributed by atoms with Gasteiger partial charge < -0.3 is 5.32 Å². The zero-order chi connectivity index (χ0) is 14.5. The van der Waals surface area contributed by atoms with E-state index in [0.29, 0.717) is 11.6 Å². The molecule has 1 unspecified atom stereocenters. The number of benzene rings is 2. The maximum atomic E-state index is 14.0. The molecule has 106 valence electrons. The summed E-state index contributed by atoms with van der Waals surface area (Å²) in [5.74, 6) is 0.119. The molecule has 1 N–H and O–H groups in total. The van der Waals surface area contributed by atoms with Gasteiger partial charge in [-0.1, -0.05) is 61.8 Å². The van der Waals surface area contributed by atoms with Gasteiger partial charge in [-0.25, -0.2) is 4.39 Å². The molecule has 0 heterocycles. The van der Waals surface area contributed by atoms with E-state index in [1.54, 1.807) is 18.2 Å². The van der Waals surface area contributed by atoms with Crippen LogP contribution < -0.4 is 5.32 Å². The normalized spacial score (nSPS) is 12.4. The average molecular weight is 292 g/mol. The molecule has 0 aliphatic rings. The maximum Gasteiger partial charge on any atom is 0.164 e. The van der Waals surface area contributed by atoms with Crippen molar-refractivity contribution in [2.45, 2.75) is 26.3 Å². The summed E-state index contributed by atoms with van der Waals surface area (Å²) in [6.07, 6.45) is 0.927. The lowest BCUT2D eigenvalue weighted by Gasteiger charge is -2.22. The molecule has 0 bridgehead atoms. The molecular weight excluding hydrogens is 273 g/mol. The molecular formula is C17H19ClFN. The lowest BCUT2D eigenvalue weighted by Crippen LogP contribution is -2.14. The van der Waals surface area contributed by atoms with E-state index in [9.17, 15) is 4.39 Å². The summed E-state index contributed by atoms with van der Waals surface area (Å²) in [6.45, 7) is 4.32. The topological polar surface area (TPSA) is 12.0 Å². The van der Waals surface area contributed by atoms with Gasteiger partial charge in [-0.2, -0.15) is 0 Å². The third kappa shape index (κ3) is 3.73. The molecule has 0 radical (unpaired) electrons. The molecule has 2 aromatic rings. The Kier molecular flexibility index (Phi) is 5.02. The van der Waals surface area contributed by atoms with Gasteiger partial charge >= 0.3 is 0 Å². The van der Waals surface area contributed by atoms with Crippen LogP contribution in [0.4, 0.5) is 10.1 Å². The van der Waals surface area contributed by atoms with E-state index in [4.69, 9.17) is 11.6 Å². The predicted molar refractivity (Wildman–Crippen MR) is 83.7 cm³/mol. The fourth-order valence-electron chi connectivity index (χ4n) is 2.24. The van der Waals surface area contributed by atoms with Crippen molar-refractivity contribution >= 4 is 17.3 Å². The Morgan fingerprint density at radius 1 is 1.05 bits per heavy atom. The van der Waals surface area contributed by atoms with E-state index >= 15 is 0 Å². The van der Waals surface area contributed by atoms with E-state index in [-0.39, 0.29) is 16.9 Å². The molecule has 1 atom stereocenters. The maximum absolute atomic E-state index is 14.0. The van der Waals surface area contributed by atoms with Crippen molar-refractivity contribution in [2.75, 3.05) is 5.32 Å². The Balaban J connectivity index is 2.26. The number of halogens is 2. The predicted octanol–water partition coefficient (Wildman–Crippen LogP) is 5.68. The zero-order valence-electron chi connectivity index (χ0n) is 11.7. The lowest BCUT2D eigenvalue weighted by atomic mass is 9.96. The lowest BCUT2D eigenvalue weighted by molar-refractivity contribution is 0.527. The van der Waals surface area contributed by atoms with Gasteiger partial charge in [0.15, 0.2) is 5.82 Å². The first-order valence-corrected chi connectivity index (χ1v) is 7.21. The minimum Gasteiger partial charge on any atom is -0.376 e. The molecule has 0 aliphatic heterocycles. The fourth-order valence-corrected chi connectivity index (χ4v) is 2.41. The number of hydrogen-bond donors (Lipinski definition) is 1. The Hall–Kier alpha value is -1.54. The van der Waals surface area contributed by atoms with E-state index in [1.807, 2.05) is 18.2 Å². The van der Waals surface area contributed by atoms with E-state index in [1.165, 1.54) is 0 Å². The minimum absolute atomic E-state index is 0.0733. The van der Waals surface area contributed by atoms with Gasteiger partial charge in [0.2, 0.25) is 0 Å². The summed E-state index contributed by atoms with van der Waals surface area (Å²) in [5, 5.41) is 3.42. The molecule has 0 amide bonds. The van der Waals surface area contributed by atoms with Crippen LogP contribution in [0.2, 0.25) is 5.02 Å². The van der Waals surface area contributed by atoms with Gasteiger partial charge in [-0.15, -0.1) is 0 Å². The van der Waals surface area contributed by atoms with E-state index in [0.717, 1.165) is 12.0 Å². The summed E-state index contributed by atoms with van der Waals surface area (Å²) >= 11 is 5.83. The van der Waals surface area contributed by atoms with Crippen LogP contribution in [0.25, 0.3) is 0 Å². The second-order valence-electron chi connectivity index (χ2n) is 5.34. The van der Waals surface area contributed by atoms with Crippen molar-refractivity contribution in [2.24, 2.45) is 5.92 Å². The molecule has 0 fully saturated rings. The number of hydrogen-bond acceptors (Lipinski definition) is 1. The second kappa shape index (κ2) is 6.76. The molecule has 0 saturated carbocycles. The molecule has 1 nitrogen and oxygen atoms in total. The SMILES string of the molecule is CC(C)CC(Nc1cccc(Cl)c1F)c1ccccc1. The molecule has 3 heteroatoms. The van der Waals surface area contributed by atoms with Gasteiger partial charge in [0.05, 0.1) is 16.8 Å². The van der Waals surface area contributed by atoms with Crippen LogP contribution in [0, 0.1) is 11.7 Å². The van der Waals surface area contributed by atoms with Crippen LogP contribution in [0.1, 0.15) is 31.9 Å². The summed E-state index contributed by atoms with van der Waals surface area (Å²) in [7, 11) is 0. The number of anilines is 1. The summed E-state index contributed by atoms with van der Waals surface area (Å²) in [6, 6.07) is 15.2. The molecule has 0 saturated heterocycles. The highest BCUT2D eigenvalue weighted by atomic mass is 35.5. The van der Waals surface area contributed by atoms with Crippen molar-refractivity contribution in [1.82, 2.24) is 0 Å². The zero-order valence-corrected chi connectivity index (χ0v) is 12.5. The van der Waals surface area contributed by atoms with Gasteiger partial charge in [0.1, 0.15) is 0 Å². The highest BCUT2D eigenvalue weighted by molar-refractivity contribution is 6.31. The van der Waals surface area contributed by atoms with Gasteiger partial charge in [-0.05, 0) is 30.0 Å². The molecule has 0 aliphatic carbocycles. The Morgan fingerprint density at radius 3 is 2.40 bits per heavy atom. The van der Waals surface area contributed by atoms with Crippen LogP contribution >= 0.6 is 11.6 Å². The van der Waals surface area contributed by atoms with Crippen LogP contribution in [-0.4, -0.2) is 0 Å². The summed E-state index contributed by atoms with van der Waals surface area (Å²) in [4.78, 5) is 0. The van der Waals surface area contributed by atoms with E-state index < -0.39 is 0 Å². The van der Waals surface area contributed by atoms with Crippen LogP contribution in [-0.2, 0) is 0 Å². The van der Waals surface area contributed by atoms with Crippen LogP contribution in [0.3, 0.4) is 0 Å². The summed E-state index contributed by atoms with van der Waals surface area (Å²) < 4.78 is 14.0.